The lowest BCUT2D eigenvalue weighted by molar-refractivity contribution is -0.0200. The SMILES string of the molecule is COc1ccccc1[C@@H]1C(c2ccc(C)cc2)=NO[C@]12CCc1nc3ccccc3cc1C2=O. The summed E-state index contributed by atoms with van der Waals surface area (Å²) in [6.45, 7) is 2.05. The number of fused-ring (bicyclic) bond motifs is 2. The molecule has 34 heavy (non-hydrogen) atoms. The van der Waals surface area contributed by atoms with Gasteiger partial charge < -0.3 is 9.57 Å². The lowest BCUT2D eigenvalue weighted by Gasteiger charge is -2.36. The zero-order chi connectivity index (χ0) is 23.3. The third kappa shape index (κ3) is 3.04. The van der Waals surface area contributed by atoms with Gasteiger partial charge in [-0.2, -0.15) is 0 Å². The number of nitrogens with zero attached hydrogens (tertiary/aromatic N) is 2. The van der Waals surface area contributed by atoms with E-state index in [9.17, 15) is 4.79 Å². The van der Waals surface area contributed by atoms with Crippen LogP contribution in [0.3, 0.4) is 0 Å². The molecule has 1 aliphatic carbocycles. The highest BCUT2D eigenvalue weighted by atomic mass is 16.7. The number of ketones is 1. The fourth-order valence-corrected chi connectivity index (χ4v) is 5.26. The Morgan fingerprint density at radius 1 is 1.00 bits per heavy atom. The predicted octanol–water partition coefficient (Wildman–Crippen LogP) is 5.64. The van der Waals surface area contributed by atoms with Crippen LogP contribution in [0.2, 0.25) is 0 Å². The summed E-state index contributed by atoms with van der Waals surface area (Å²) in [7, 11) is 1.65. The second-order valence-corrected chi connectivity index (χ2v) is 9.00. The molecule has 2 heterocycles. The number of aromatic nitrogens is 1. The molecule has 6 rings (SSSR count). The van der Waals surface area contributed by atoms with Crippen LogP contribution < -0.4 is 4.74 Å². The molecule has 0 unspecified atom stereocenters. The topological polar surface area (TPSA) is 60.8 Å². The second kappa shape index (κ2) is 7.80. The average molecular weight is 449 g/mol. The van der Waals surface area contributed by atoms with Crippen molar-refractivity contribution in [2.24, 2.45) is 5.16 Å². The van der Waals surface area contributed by atoms with E-state index in [1.54, 1.807) is 7.11 Å². The third-order valence-electron chi connectivity index (χ3n) is 7.01. The molecule has 168 valence electrons. The molecule has 2 aliphatic rings. The van der Waals surface area contributed by atoms with Crippen molar-refractivity contribution >= 4 is 22.4 Å². The molecule has 0 radical (unpaired) electrons. The van der Waals surface area contributed by atoms with E-state index >= 15 is 0 Å². The molecule has 0 N–H and O–H groups in total. The standard InChI is InChI=1S/C29H24N2O3/c1-18-11-13-19(14-12-18)27-26(21-8-4-6-10-25(21)33-2)29(34-31-27)16-15-24-22(28(29)32)17-20-7-3-5-9-23(20)30-24/h3-14,17,26H,15-16H2,1-2H3/t26-,29-/m1/s1. The summed E-state index contributed by atoms with van der Waals surface area (Å²) < 4.78 is 5.72. The average Bonchev–Trinajstić information content (AvgIpc) is 3.26. The molecule has 1 aliphatic heterocycles. The van der Waals surface area contributed by atoms with Gasteiger partial charge in [-0.1, -0.05) is 71.4 Å². The molecule has 1 aromatic heterocycles. The van der Waals surface area contributed by atoms with Crippen LogP contribution in [0.5, 0.6) is 5.75 Å². The minimum absolute atomic E-state index is 0.0752. The highest BCUT2D eigenvalue weighted by Crippen LogP contribution is 2.49. The Hall–Kier alpha value is -3.99. The number of pyridine rings is 1. The van der Waals surface area contributed by atoms with Crippen molar-refractivity contribution in [3.05, 3.63) is 107 Å². The number of oxime groups is 1. The zero-order valence-electron chi connectivity index (χ0n) is 19.1. The van der Waals surface area contributed by atoms with Crippen LogP contribution in [0.25, 0.3) is 10.9 Å². The van der Waals surface area contributed by atoms with Gasteiger partial charge in [0.05, 0.1) is 30.0 Å². The smallest absolute Gasteiger partial charge is 0.212 e. The summed E-state index contributed by atoms with van der Waals surface area (Å²) in [4.78, 5) is 25.2. The second-order valence-electron chi connectivity index (χ2n) is 9.00. The maximum Gasteiger partial charge on any atom is 0.212 e. The Morgan fingerprint density at radius 3 is 2.59 bits per heavy atom. The fourth-order valence-electron chi connectivity index (χ4n) is 5.26. The summed E-state index contributed by atoms with van der Waals surface area (Å²) >= 11 is 0. The van der Waals surface area contributed by atoms with Crippen LogP contribution >= 0.6 is 0 Å². The number of hydrogen-bond acceptors (Lipinski definition) is 5. The number of carbonyl (C=O) groups is 1. The summed E-state index contributed by atoms with van der Waals surface area (Å²) in [6.07, 6.45) is 1.13. The van der Waals surface area contributed by atoms with E-state index in [-0.39, 0.29) is 5.78 Å². The fraction of sp³-hybridized carbons (Fsp3) is 0.207. The molecule has 1 spiro atoms. The number of benzene rings is 3. The zero-order valence-corrected chi connectivity index (χ0v) is 19.1. The van der Waals surface area contributed by atoms with Gasteiger partial charge in [-0.3, -0.25) is 9.78 Å². The molecule has 0 bridgehead atoms. The first-order chi connectivity index (χ1) is 16.6. The van der Waals surface area contributed by atoms with Gasteiger partial charge in [-0.15, -0.1) is 0 Å². The van der Waals surface area contributed by atoms with Gasteiger partial charge in [0.25, 0.3) is 0 Å². The number of rotatable bonds is 3. The van der Waals surface area contributed by atoms with E-state index in [1.165, 1.54) is 0 Å². The van der Waals surface area contributed by atoms with E-state index in [1.807, 2.05) is 66.7 Å². The Morgan fingerprint density at radius 2 is 1.76 bits per heavy atom. The van der Waals surface area contributed by atoms with E-state index in [0.29, 0.717) is 24.2 Å². The van der Waals surface area contributed by atoms with E-state index in [4.69, 9.17) is 14.6 Å². The summed E-state index contributed by atoms with van der Waals surface area (Å²) in [6, 6.07) is 25.8. The van der Waals surface area contributed by atoms with Crippen LogP contribution in [-0.4, -0.2) is 29.2 Å². The van der Waals surface area contributed by atoms with Gasteiger partial charge in [0.1, 0.15) is 5.75 Å². The lowest BCUT2D eigenvalue weighted by Crippen LogP contribution is -2.48. The van der Waals surface area contributed by atoms with Crippen LogP contribution in [0.1, 0.15) is 45.1 Å². The molecule has 5 heteroatoms. The molecule has 0 saturated heterocycles. The number of Topliss-reactive ketones (excluding diaryl/α,β-unsaturated/α-hetero) is 1. The van der Waals surface area contributed by atoms with Gasteiger partial charge >= 0.3 is 0 Å². The number of para-hydroxylation sites is 2. The molecular weight excluding hydrogens is 424 g/mol. The van der Waals surface area contributed by atoms with Crippen molar-refractivity contribution in [2.45, 2.75) is 31.3 Å². The first-order valence-electron chi connectivity index (χ1n) is 11.5. The minimum atomic E-state index is -1.15. The van der Waals surface area contributed by atoms with Crippen molar-refractivity contribution in [3.8, 4) is 5.75 Å². The number of methoxy groups -OCH3 is 1. The van der Waals surface area contributed by atoms with Crippen LogP contribution in [0.4, 0.5) is 0 Å². The monoisotopic (exact) mass is 448 g/mol. The highest BCUT2D eigenvalue weighted by molar-refractivity contribution is 6.15. The highest BCUT2D eigenvalue weighted by Gasteiger charge is 2.58. The Balaban J connectivity index is 1.53. The molecule has 0 fully saturated rings. The quantitative estimate of drug-likeness (QED) is 0.407. The number of ether oxygens (including phenoxy) is 1. The molecule has 3 aromatic carbocycles. The normalized spacial score (nSPS) is 21.3. The molecule has 0 saturated carbocycles. The van der Waals surface area contributed by atoms with Crippen molar-refractivity contribution < 1.29 is 14.4 Å². The van der Waals surface area contributed by atoms with Gasteiger partial charge in [-0.25, -0.2) is 0 Å². The van der Waals surface area contributed by atoms with Gasteiger partial charge in [0.15, 0.2) is 0 Å². The Labute approximate surface area is 198 Å². The van der Waals surface area contributed by atoms with E-state index < -0.39 is 11.5 Å². The van der Waals surface area contributed by atoms with Gasteiger partial charge in [0.2, 0.25) is 11.4 Å². The maximum absolute atomic E-state index is 14.2. The summed E-state index contributed by atoms with van der Waals surface area (Å²) in [5.41, 5.74) is 4.93. The van der Waals surface area contributed by atoms with Gasteiger partial charge in [0, 0.05) is 28.5 Å². The Bertz CT molecular complexity index is 1460. The van der Waals surface area contributed by atoms with Crippen molar-refractivity contribution in [1.29, 1.82) is 0 Å². The van der Waals surface area contributed by atoms with E-state index in [0.717, 1.165) is 39.0 Å². The molecule has 2 atom stereocenters. The van der Waals surface area contributed by atoms with Crippen LogP contribution in [-0.2, 0) is 11.3 Å². The largest absolute Gasteiger partial charge is 0.496 e. The molecule has 5 nitrogen and oxygen atoms in total. The Kier molecular flexibility index (Phi) is 4.73. The molecular formula is C29H24N2O3. The van der Waals surface area contributed by atoms with Crippen LogP contribution in [0.15, 0.2) is 84.0 Å². The van der Waals surface area contributed by atoms with Gasteiger partial charge in [-0.05, 0) is 31.5 Å². The van der Waals surface area contributed by atoms with Crippen molar-refractivity contribution in [3.63, 3.8) is 0 Å². The number of aryl methyl sites for hydroxylation is 2. The lowest BCUT2D eigenvalue weighted by atomic mass is 9.68. The summed E-state index contributed by atoms with van der Waals surface area (Å²) in [5, 5.41) is 5.49. The number of hydrogen-bond donors (Lipinski definition) is 0. The number of carbonyl (C=O) groups excluding carboxylic acids is 1. The first kappa shape index (κ1) is 20.6. The van der Waals surface area contributed by atoms with Crippen LogP contribution in [0, 0.1) is 6.92 Å². The van der Waals surface area contributed by atoms with E-state index in [2.05, 4.69) is 24.2 Å². The molecule has 0 amide bonds. The summed E-state index contributed by atoms with van der Waals surface area (Å²) in [5.74, 6) is 0.236. The van der Waals surface area contributed by atoms with Crippen molar-refractivity contribution in [2.75, 3.05) is 7.11 Å². The third-order valence-corrected chi connectivity index (χ3v) is 7.01. The minimum Gasteiger partial charge on any atom is -0.496 e. The predicted molar refractivity (Wildman–Crippen MR) is 132 cm³/mol. The molecule has 4 aromatic rings. The maximum atomic E-state index is 14.2. The van der Waals surface area contributed by atoms with Crippen molar-refractivity contribution in [1.82, 2.24) is 4.98 Å². The first-order valence-corrected chi connectivity index (χ1v) is 11.5.